The average Bonchev–Trinajstić information content (AvgIpc) is 2.27. The van der Waals surface area contributed by atoms with Gasteiger partial charge in [0.15, 0.2) is 0 Å². The SMILES string of the molecule is CN1CC(C(C)(C)CC(C)(C)C/C=C/C(C)(C)CC(C)(C)CC(C)(C)C)C1. The summed E-state index contributed by atoms with van der Waals surface area (Å²) < 4.78 is 0. The van der Waals surface area contributed by atoms with Gasteiger partial charge in [-0.15, -0.1) is 0 Å². The van der Waals surface area contributed by atoms with Gasteiger partial charge in [0, 0.05) is 13.1 Å². The van der Waals surface area contributed by atoms with E-state index in [-0.39, 0.29) is 5.41 Å². The van der Waals surface area contributed by atoms with E-state index >= 15 is 0 Å². The van der Waals surface area contributed by atoms with Gasteiger partial charge in [-0.05, 0) is 65.7 Å². The Morgan fingerprint density at radius 1 is 0.741 bits per heavy atom. The van der Waals surface area contributed by atoms with Gasteiger partial charge in [0.25, 0.3) is 0 Å². The fourth-order valence-corrected chi connectivity index (χ4v) is 6.13. The Balaban J connectivity index is 2.61. The molecule has 0 aromatic rings. The smallest absolute Gasteiger partial charge is 0.00241 e. The summed E-state index contributed by atoms with van der Waals surface area (Å²) in [5.41, 5.74) is 1.84. The van der Waals surface area contributed by atoms with Crippen LogP contribution in [-0.4, -0.2) is 25.0 Å². The summed E-state index contributed by atoms with van der Waals surface area (Å²) in [6.07, 6.45) is 9.99. The van der Waals surface area contributed by atoms with Gasteiger partial charge in [0.05, 0.1) is 0 Å². The molecule has 1 nitrogen and oxygen atoms in total. The van der Waals surface area contributed by atoms with Crippen LogP contribution < -0.4 is 0 Å². The molecule has 0 spiro atoms. The first-order valence-corrected chi connectivity index (χ1v) is 11.2. The summed E-state index contributed by atoms with van der Waals surface area (Å²) in [5.74, 6) is 0.861. The van der Waals surface area contributed by atoms with Crippen molar-refractivity contribution in [3.05, 3.63) is 12.2 Å². The molecule has 0 saturated carbocycles. The fraction of sp³-hybridized carbons (Fsp3) is 0.923. The van der Waals surface area contributed by atoms with Crippen LogP contribution in [0.3, 0.4) is 0 Å². The molecule has 0 atom stereocenters. The molecule has 160 valence electrons. The van der Waals surface area contributed by atoms with Crippen molar-refractivity contribution >= 4 is 0 Å². The highest BCUT2D eigenvalue weighted by Gasteiger charge is 2.40. The molecular weight excluding hydrogens is 326 g/mol. The van der Waals surface area contributed by atoms with E-state index in [1.165, 1.54) is 38.8 Å². The second kappa shape index (κ2) is 8.21. The van der Waals surface area contributed by atoms with Crippen molar-refractivity contribution < 1.29 is 0 Å². The minimum atomic E-state index is 0.261. The Hall–Kier alpha value is -0.300. The lowest BCUT2D eigenvalue weighted by Gasteiger charge is -2.49. The van der Waals surface area contributed by atoms with Crippen LogP contribution in [0.4, 0.5) is 0 Å². The Morgan fingerprint density at radius 3 is 1.70 bits per heavy atom. The van der Waals surface area contributed by atoms with Crippen LogP contribution in [0, 0.1) is 33.0 Å². The Kier molecular flexibility index (Phi) is 7.52. The highest BCUT2D eigenvalue weighted by molar-refractivity contribution is 5.01. The maximum atomic E-state index is 2.50. The van der Waals surface area contributed by atoms with Crippen LogP contribution in [0.2, 0.25) is 0 Å². The summed E-state index contributed by atoms with van der Waals surface area (Å²) in [6.45, 7) is 29.2. The van der Waals surface area contributed by atoms with E-state index in [2.05, 4.69) is 100 Å². The van der Waals surface area contributed by atoms with Crippen LogP contribution in [-0.2, 0) is 0 Å². The molecule has 1 rings (SSSR count). The van der Waals surface area contributed by atoms with Crippen molar-refractivity contribution in [3.8, 4) is 0 Å². The Morgan fingerprint density at radius 2 is 1.26 bits per heavy atom. The van der Waals surface area contributed by atoms with E-state index in [0.717, 1.165) is 5.92 Å². The highest BCUT2D eigenvalue weighted by Crippen LogP contribution is 2.45. The predicted molar refractivity (Wildman–Crippen MR) is 123 cm³/mol. The van der Waals surface area contributed by atoms with Crippen molar-refractivity contribution in [1.82, 2.24) is 4.90 Å². The zero-order valence-electron chi connectivity index (χ0n) is 20.9. The van der Waals surface area contributed by atoms with Gasteiger partial charge in [0.1, 0.15) is 0 Å². The third-order valence-corrected chi connectivity index (χ3v) is 6.29. The number of rotatable bonds is 9. The zero-order chi connectivity index (χ0) is 21.3. The minimum absolute atomic E-state index is 0.261. The largest absolute Gasteiger partial charge is 0.306 e. The van der Waals surface area contributed by atoms with E-state index in [0.29, 0.717) is 21.7 Å². The van der Waals surface area contributed by atoms with Crippen molar-refractivity contribution in [2.45, 2.75) is 102 Å². The van der Waals surface area contributed by atoms with Gasteiger partial charge in [-0.25, -0.2) is 0 Å². The van der Waals surface area contributed by atoms with Gasteiger partial charge in [-0.3, -0.25) is 0 Å². The Labute approximate surface area is 172 Å². The first kappa shape index (κ1) is 24.7. The molecule has 0 N–H and O–H groups in total. The second-order valence-electron chi connectivity index (χ2n) is 13.9. The molecule has 0 aliphatic carbocycles. The van der Waals surface area contributed by atoms with E-state index in [9.17, 15) is 0 Å². The molecule has 1 aliphatic heterocycles. The Bertz CT molecular complexity index is 493. The van der Waals surface area contributed by atoms with Gasteiger partial charge >= 0.3 is 0 Å². The molecule has 1 fully saturated rings. The normalized spacial score (nSPS) is 19.0. The molecule has 1 heterocycles. The van der Waals surface area contributed by atoms with E-state index in [1.54, 1.807) is 0 Å². The van der Waals surface area contributed by atoms with Crippen LogP contribution in [0.1, 0.15) is 102 Å². The van der Waals surface area contributed by atoms with Crippen LogP contribution in [0.25, 0.3) is 0 Å². The lowest BCUT2D eigenvalue weighted by atomic mass is 9.65. The molecule has 0 aromatic carbocycles. The first-order valence-electron chi connectivity index (χ1n) is 11.2. The third-order valence-electron chi connectivity index (χ3n) is 6.29. The van der Waals surface area contributed by atoms with Crippen LogP contribution in [0.5, 0.6) is 0 Å². The van der Waals surface area contributed by atoms with Gasteiger partial charge in [-0.2, -0.15) is 0 Å². The summed E-state index contributed by atoms with van der Waals surface area (Å²) in [7, 11) is 2.24. The molecule has 0 unspecified atom stereocenters. The summed E-state index contributed by atoms with van der Waals surface area (Å²) in [5, 5.41) is 0. The number of likely N-dealkylation sites (tertiary alicyclic amines) is 1. The molecule has 0 amide bonds. The minimum Gasteiger partial charge on any atom is -0.306 e. The first-order chi connectivity index (χ1) is 11.8. The standard InChI is InChI=1S/C26H51N/c1-22(2,3)18-25(8,9)19-23(4,5)14-13-15-24(6,7)20-26(10,11)21-16-27(12)17-21/h13-14,21H,15-20H2,1-12H3/b14-13+. The third kappa shape index (κ3) is 9.16. The summed E-state index contributed by atoms with van der Waals surface area (Å²) >= 11 is 0. The van der Waals surface area contributed by atoms with Crippen LogP contribution in [0.15, 0.2) is 12.2 Å². The molecule has 1 saturated heterocycles. The molecule has 1 aliphatic rings. The number of hydrogen-bond donors (Lipinski definition) is 0. The maximum absolute atomic E-state index is 2.50. The molecule has 0 aromatic heterocycles. The number of hydrogen-bond acceptors (Lipinski definition) is 1. The zero-order valence-corrected chi connectivity index (χ0v) is 20.9. The van der Waals surface area contributed by atoms with E-state index in [4.69, 9.17) is 0 Å². The molecule has 1 heteroatoms. The fourth-order valence-electron chi connectivity index (χ4n) is 6.13. The van der Waals surface area contributed by atoms with Crippen molar-refractivity contribution in [2.24, 2.45) is 33.0 Å². The molecular formula is C26H51N. The average molecular weight is 378 g/mol. The molecule has 27 heavy (non-hydrogen) atoms. The maximum Gasteiger partial charge on any atom is 0.00241 e. The molecule has 0 bridgehead atoms. The van der Waals surface area contributed by atoms with Gasteiger partial charge < -0.3 is 4.90 Å². The lowest BCUT2D eigenvalue weighted by molar-refractivity contribution is 0.00757. The summed E-state index contributed by atoms with van der Waals surface area (Å²) in [4.78, 5) is 2.45. The quantitative estimate of drug-likeness (QED) is 0.370. The molecule has 0 radical (unpaired) electrons. The van der Waals surface area contributed by atoms with E-state index in [1.807, 2.05) is 0 Å². The van der Waals surface area contributed by atoms with Crippen molar-refractivity contribution in [2.75, 3.05) is 20.1 Å². The number of allylic oxidation sites excluding steroid dienone is 2. The van der Waals surface area contributed by atoms with Crippen molar-refractivity contribution in [1.29, 1.82) is 0 Å². The number of nitrogens with zero attached hydrogens (tertiary/aromatic N) is 1. The highest BCUT2D eigenvalue weighted by atomic mass is 15.2. The predicted octanol–water partition coefficient (Wildman–Crippen LogP) is 7.82. The summed E-state index contributed by atoms with van der Waals surface area (Å²) in [6, 6.07) is 0. The lowest BCUT2D eigenvalue weighted by Crippen LogP contribution is -2.51. The second-order valence-corrected chi connectivity index (χ2v) is 13.9. The van der Waals surface area contributed by atoms with Gasteiger partial charge in [-0.1, -0.05) is 88.3 Å². The topological polar surface area (TPSA) is 3.24 Å². The van der Waals surface area contributed by atoms with Gasteiger partial charge in [0.2, 0.25) is 0 Å². The monoisotopic (exact) mass is 377 g/mol. The van der Waals surface area contributed by atoms with Crippen LogP contribution >= 0.6 is 0 Å². The van der Waals surface area contributed by atoms with Crippen molar-refractivity contribution in [3.63, 3.8) is 0 Å². The van der Waals surface area contributed by atoms with E-state index < -0.39 is 0 Å².